The molecule has 0 aliphatic carbocycles. The molecule has 0 saturated heterocycles. The lowest BCUT2D eigenvalue weighted by Crippen LogP contribution is -2.17. The van der Waals surface area contributed by atoms with Crippen molar-refractivity contribution in [2.75, 3.05) is 23.5 Å². The minimum absolute atomic E-state index is 0.346. The van der Waals surface area contributed by atoms with Crippen molar-refractivity contribution in [2.45, 2.75) is 6.92 Å². The van der Waals surface area contributed by atoms with Gasteiger partial charge in [-0.05, 0) is 150 Å². The van der Waals surface area contributed by atoms with Gasteiger partial charge in [-0.2, -0.15) is 0 Å². The average molecular weight is 829 g/mol. The maximum atomic E-state index is 12.2. The van der Waals surface area contributed by atoms with Crippen LogP contribution in [-0.4, -0.2) is 25.7 Å². The molecule has 0 unspecified atom stereocenters. The van der Waals surface area contributed by atoms with Crippen molar-refractivity contribution in [3.8, 4) is 23.0 Å². The number of anilines is 6. The predicted octanol–water partition coefficient (Wildman–Crippen LogP) is 13.5. The molecule has 0 spiro atoms. The van der Waals surface area contributed by atoms with Crippen LogP contribution in [0.5, 0.6) is 23.0 Å². The van der Waals surface area contributed by atoms with Crippen molar-refractivity contribution in [1.29, 1.82) is 0 Å². The summed E-state index contributed by atoms with van der Waals surface area (Å²) >= 11 is 0. The number of carbonyl (C=O) groups excluding carboxylic acids is 2. The van der Waals surface area contributed by atoms with E-state index in [9.17, 15) is 9.59 Å². The van der Waals surface area contributed by atoms with Crippen molar-refractivity contribution in [2.24, 2.45) is 0 Å². The molecule has 0 N–H and O–H groups in total. The van der Waals surface area contributed by atoms with Crippen molar-refractivity contribution < 1.29 is 28.5 Å². The summed E-state index contributed by atoms with van der Waals surface area (Å²) in [5.74, 6) is 1.35. The van der Waals surface area contributed by atoms with Crippen LogP contribution in [0.4, 0.5) is 34.1 Å². The van der Waals surface area contributed by atoms with Crippen LogP contribution in [-0.2, 0) is 14.3 Å². The number of hydrogen-bond donors (Lipinski definition) is 0. The summed E-state index contributed by atoms with van der Waals surface area (Å²) in [6.45, 7) is 0.789. The fraction of sp³-hybridized carbons (Fsp3) is 0.0545. The van der Waals surface area contributed by atoms with Gasteiger partial charge in [0, 0.05) is 41.0 Å². The summed E-state index contributed by atoms with van der Waals surface area (Å²) in [5, 5.41) is 0. The number of methoxy groups -OCH3 is 1. The predicted molar refractivity (Wildman–Crippen MR) is 251 cm³/mol. The number of esters is 2. The van der Waals surface area contributed by atoms with E-state index in [2.05, 4.69) is 101 Å². The Balaban J connectivity index is 1.03. The molecule has 63 heavy (non-hydrogen) atoms. The molecule has 0 fully saturated rings. The van der Waals surface area contributed by atoms with Gasteiger partial charge < -0.3 is 28.7 Å². The first-order chi connectivity index (χ1) is 30.9. The van der Waals surface area contributed by atoms with Crippen LogP contribution in [0.3, 0.4) is 0 Å². The van der Waals surface area contributed by atoms with Crippen molar-refractivity contribution in [1.82, 2.24) is 0 Å². The highest BCUT2D eigenvalue weighted by Gasteiger charge is 2.16. The van der Waals surface area contributed by atoms with Crippen molar-refractivity contribution in [3.63, 3.8) is 0 Å². The van der Waals surface area contributed by atoms with Crippen molar-refractivity contribution >= 4 is 57.7 Å². The molecular formula is C55H44N2O6. The van der Waals surface area contributed by atoms with Gasteiger partial charge in [0.2, 0.25) is 0 Å². The molecule has 8 rings (SSSR count). The zero-order valence-electron chi connectivity index (χ0n) is 34.8. The number of para-hydroxylation sites is 3. The third kappa shape index (κ3) is 10.5. The molecule has 0 heterocycles. The second-order valence-electron chi connectivity index (χ2n) is 14.4. The monoisotopic (exact) mass is 828 g/mol. The molecule has 310 valence electrons. The number of rotatable bonds is 15. The Morgan fingerprint density at radius 2 is 0.810 bits per heavy atom. The molecule has 0 aliphatic heterocycles. The number of benzene rings is 8. The summed E-state index contributed by atoms with van der Waals surface area (Å²) in [7, 11) is 1.64. The van der Waals surface area contributed by atoms with Gasteiger partial charge in [-0.25, -0.2) is 4.79 Å². The summed E-state index contributed by atoms with van der Waals surface area (Å²) in [5.41, 5.74) is 9.97. The molecule has 8 aromatic rings. The van der Waals surface area contributed by atoms with Crippen molar-refractivity contribution in [3.05, 3.63) is 229 Å². The van der Waals surface area contributed by atoms with Gasteiger partial charge in [-0.15, -0.1) is 0 Å². The Kier molecular flexibility index (Phi) is 13.0. The fourth-order valence-electron chi connectivity index (χ4n) is 7.10. The van der Waals surface area contributed by atoms with E-state index in [1.54, 1.807) is 19.2 Å². The van der Waals surface area contributed by atoms with E-state index < -0.39 is 18.5 Å². The molecule has 0 saturated carbocycles. The van der Waals surface area contributed by atoms with Gasteiger partial charge in [0.05, 0.1) is 7.11 Å². The van der Waals surface area contributed by atoms with Gasteiger partial charge in [-0.3, -0.25) is 4.79 Å². The van der Waals surface area contributed by atoms with Gasteiger partial charge in [-0.1, -0.05) is 91.0 Å². The van der Waals surface area contributed by atoms with E-state index in [4.69, 9.17) is 18.9 Å². The summed E-state index contributed by atoms with van der Waals surface area (Å²) in [6.07, 6.45) is 2.12. The van der Waals surface area contributed by atoms with E-state index in [0.717, 1.165) is 73.6 Å². The number of nitrogens with zero attached hydrogens (tertiary/aromatic N) is 2. The maximum absolute atomic E-state index is 12.2. The topological polar surface area (TPSA) is 77.5 Å². The smallest absolute Gasteiger partial charge is 0.349 e. The highest BCUT2D eigenvalue weighted by molar-refractivity contribution is 5.92. The zero-order chi connectivity index (χ0) is 43.4. The summed E-state index contributed by atoms with van der Waals surface area (Å²) in [4.78, 5) is 27.7. The largest absolute Gasteiger partial charge is 0.497 e. The van der Waals surface area contributed by atoms with Crippen LogP contribution in [0.15, 0.2) is 212 Å². The molecule has 0 aliphatic rings. The van der Waals surface area contributed by atoms with Crippen LogP contribution in [0.25, 0.3) is 11.6 Å². The zero-order valence-corrected chi connectivity index (χ0v) is 34.8. The molecule has 8 nitrogen and oxygen atoms in total. The fourth-order valence-corrected chi connectivity index (χ4v) is 7.10. The van der Waals surface area contributed by atoms with Gasteiger partial charge in [0.1, 0.15) is 23.0 Å². The molecule has 0 aromatic heterocycles. The Labute approximate surface area is 367 Å². The standard InChI is InChI=1S/C55H44N2O6/c1-40(58)61-39-55(59)63-53-32-22-43(23-33-53)54(42-20-30-50(60-2)31-21-42)38-41-18-24-47(25-19-41)57(46-16-10-5-11-17-46)49-28-36-52(37-29-49)62-51-34-26-48(27-35-51)56(44-12-6-3-7-13-44)45-14-8-4-9-15-45/h3-38H,39H2,1-2H3/b54-38+. The quantitative estimate of drug-likeness (QED) is 0.0574. The summed E-state index contributed by atoms with van der Waals surface area (Å²) in [6, 6.07) is 70.7. The minimum Gasteiger partial charge on any atom is -0.497 e. The maximum Gasteiger partial charge on any atom is 0.349 e. The number of carbonyl (C=O) groups is 2. The molecule has 8 heteroatoms. The van der Waals surface area contributed by atoms with E-state index in [0.29, 0.717) is 5.75 Å². The lowest BCUT2D eigenvalue weighted by Gasteiger charge is -2.26. The first-order valence-corrected chi connectivity index (χ1v) is 20.4. The van der Waals surface area contributed by atoms with Crippen LogP contribution >= 0.6 is 0 Å². The molecule has 0 radical (unpaired) electrons. The molecular weight excluding hydrogens is 785 g/mol. The second-order valence-corrected chi connectivity index (χ2v) is 14.4. The molecule has 0 bridgehead atoms. The normalized spacial score (nSPS) is 11.0. The molecule has 8 aromatic carbocycles. The Morgan fingerprint density at radius 3 is 1.21 bits per heavy atom. The SMILES string of the molecule is COc1ccc(/C(=C\c2ccc(N(c3ccccc3)c3ccc(Oc4ccc(N(c5ccccc5)c5ccccc5)cc4)cc3)cc2)c2ccc(OC(=O)COC(C)=O)cc2)cc1. The van der Waals surface area contributed by atoms with Crippen LogP contribution in [0, 0.1) is 0 Å². The number of ether oxygens (including phenoxy) is 4. The van der Waals surface area contributed by atoms with Crippen LogP contribution in [0.2, 0.25) is 0 Å². The molecule has 0 atom stereocenters. The Hall–Kier alpha value is -8.36. The highest BCUT2D eigenvalue weighted by Crippen LogP contribution is 2.38. The minimum atomic E-state index is -0.658. The van der Waals surface area contributed by atoms with Gasteiger partial charge in [0.25, 0.3) is 0 Å². The first kappa shape index (κ1) is 41.4. The van der Waals surface area contributed by atoms with Gasteiger partial charge >= 0.3 is 11.9 Å². The van der Waals surface area contributed by atoms with Crippen LogP contribution in [0.1, 0.15) is 23.6 Å². The third-order valence-electron chi connectivity index (χ3n) is 10.1. The third-order valence-corrected chi connectivity index (χ3v) is 10.1. The van der Waals surface area contributed by atoms with Gasteiger partial charge in [0.15, 0.2) is 6.61 Å². The Morgan fingerprint density at radius 1 is 0.444 bits per heavy atom. The first-order valence-electron chi connectivity index (χ1n) is 20.4. The van der Waals surface area contributed by atoms with E-state index in [1.165, 1.54) is 6.92 Å². The molecule has 0 amide bonds. The average Bonchev–Trinajstić information content (AvgIpc) is 3.33. The lowest BCUT2D eigenvalue weighted by atomic mass is 9.95. The number of hydrogen-bond acceptors (Lipinski definition) is 8. The highest BCUT2D eigenvalue weighted by atomic mass is 16.6. The van der Waals surface area contributed by atoms with E-state index in [-0.39, 0.29) is 0 Å². The second kappa shape index (κ2) is 19.8. The van der Waals surface area contributed by atoms with E-state index >= 15 is 0 Å². The Bertz CT molecular complexity index is 2720. The van der Waals surface area contributed by atoms with E-state index in [1.807, 2.05) is 115 Å². The van der Waals surface area contributed by atoms with Crippen LogP contribution < -0.4 is 24.0 Å². The lowest BCUT2D eigenvalue weighted by molar-refractivity contribution is -0.152. The summed E-state index contributed by atoms with van der Waals surface area (Å²) < 4.78 is 21.9.